The maximum Gasteiger partial charge on any atom is 0.287 e. The maximum atomic E-state index is 12.3. The molecule has 25 heavy (non-hydrogen) atoms. The highest BCUT2D eigenvalue weighted by Gasteiger charge is 2.25. The molecule has 1 aromatic heterocycles. The van der Waals surface area contributed by atoms with Gasteiger partial charge in [-0.15, -0.1) is 0 Å². The number of furan rings is 1. The van der Waals surface area contributed by atoms with Gasteiger partial charge in [0, 0.05) is 5.69 Å². The largest absolute Gasteiger partial charge is 0.459 e. The van der Waals surface area contributed by atoms with Gasteiger partial charge in [-0.1, -0.05) is 32.0 Å². The summed E-state index contributed by atoms with van der Waals surface area (Å²) in [5.74, 6) is -1.29. The van der Waals surface area contributed by atoms with Gasteiger partial charge in [-0.2, -0.15) is 0 Å². The second-order valence-corrected chi connectivity index (χ2v) is 5.80. The number of hydrogen-bond acceptors (Lipinski definition) is 4. The van der Waals surface area contributed by atoms with Crippen molar-refractivity contribution in [1.29, 1.82) is 0 Å². The van der Waals surface area contributed by atoms with Crippen LogP contribution in [0.25, 0.3) is 0 Å². The summed E-state index contributed by atoms with van der Waals surface area (Å²) in [5.41, 5.74) is 0.647. The quantitative estimate of drug-likeness (QED) is 0.713. The van der Waals surface area contributed by atoms with Crippen molar-refractivity contribution in [2.75, 3.05) is 11.9 Å². The van der Waals surface area contributed by atoms with Gasteiger partial charge in [0.25, 0.3) is 5.91 Å². The van der Waals surface area contributed by atoms with E-state index < -0.39 is 17.9 Å². The fourth-order valence-electron chi connectivity index (χ4n) is 2.16. The van der Waals surface area contributed by atoms with Gasteiger partial charge in [-0.25, -0.2) is 0 Å². The number of carbonyl (C=O) groups is 3. The minimum absolute atomic E-state index is 0.125. The smallest absolute Gasteiger partial charge is 0.287 e. The third kappa shape index (κ3) is 5.49. The molecule has 1 heterocycles. The number of rotatable bonds is 7. The zero-order valence-electron chi connectivity index (χ0n) is 14.1. The van der Waals surface area contributed by atoms with E-state index in [0.717, 1.165) is 0 Å². The average molecular weight is 343 g/mol. The number of carbonyl (C=O) groups excluding carboxylic acids is 3. The van der Waals surface area contributed by atoms with E-state index in [2.05, 4.69) is 16.0 Å². The van der Waals surface area contributed by atoms with Crippen molar-refractivity contribution in [1.82, 2.24) is 10.6 Å². The van der Waals surface area contributed by atoms with Crippen molar-refractivity contribution >= 4 is 23.4 Å². The highest BCUT2D eigenvalue weighted by atomic mass is 16.3. The van der Waals surface area contributed by atoms with E-state index in [1.54, 1.807) is 44.2 Å². The lowest BCUT2D eigenvalue weighted by atomic mass is 10.0. The van der Waals surface area contributed by atoms with Gasteiger partial charge in [-0.05, 0) is 30.2 Å². The first kappa shape index (κ1) is 18.3. The lowest BCUT2D eigenvalue weighted by Crippen LogP contribution is -2.51. The van der Waals surface area contributed by atoms with Gasteiger partial charge in [0.15, 0.2) is 5.76 Å². The molecule has 2 aromatic rings. The molecule has 0 aliphatic carbocycles. The number of amides is 3. The Labute approximate surface area is 145 Å². The summed E-state index contributed by atoms with van der Waals surface area (Å²) < 4.78 is 5.01. The van der Waals surface area contributed by atoms with Crippen LogP contribution < -0.4 is 16.0 Å². The molecule has 0 saturated heterocycles. The minimum Gasteiger partial charge on any atom is -0.459 e. The molecule has 1 aromatic carbocycles. The second kappa shape index (κ2) is 8.68. The van der Waals surface area contributed by atoms with Crippen LogP contribution >= 0.6 is 0 Å². The number of anilines is 1. The van der Waals surface area contributed by atoms with E-state index in [4.69, 9.17) is 4.42 Å². The van der Waals surface area contributed by atoms with Gasteiger partial charge < -0.3 is 20.4 Å². The van der Waals surface area contributed by atoms with Gasteiger partial charge in [-0.3, -0.25) is 14.4 Å². The zero-order valence-corrected chi connectivity index (χ0v) is 14.1. The Kier molecular flexibility index (Phi) is 6.33. The van der Waals surface area contributed by atoms with Gasteiger partial charge >= 0.3 is 0 Å². The van der Waals surface area contributed by atoms with E-state index in [0.29, 0.717) is 5.69 Å². The molecule has 1 atom stereocenters. The number of nitrogens with one attached hydrogen (secondary N) is 3. The van der Waals surface area contributed by atoms with Crippen molar-refractivity contribution in [2.24, 2.45) is 5.92 Å². The van der Waals surface area contributed by atoms with Crippen LogP contribution in [-0.4, -0.2) is 30.3 Å². The summed E-state index contributed by atoms with van der Waals surface area (Å²) in [6, 6.07) is 11.3. The normalized spacial score (nSPS) is 11.6. The Bertz CT molecular complexity index is 711. The van der Waals surface area contributed by atoms with Crippen LogP contribution in [-0.2, 0) is 9.59 Å². The van der Waals surface area contributed by atoms with Crippen LogP contribution in [0.15, 0.2) is 53.1 Å². The molecule has 132 valence electrons. The minimum atomic E-state index is -0.776. The molecule has 7 heteroatoms. The molecule has 0 fully saturated rings. The summed E-state index contributed by atoms with van der Waals surface area (Å²) in [6.45, 7) is 3.42. The Balaban J connectivity index is 1.87. The Hall–Kier alpha value is -3.09. The van der Waals surface area contributed by atoms with Crippen LogP contribution in [0.1, 0.15) is 24.4 Å². The highest BCUT2D eigenvalue weighted by molar-refractivity contribution is 5.98. The van der Waals surface area contributed by atoms with Gasteiger partial charge in [0.1, 0.15) is 6.04 Å². The molecule has 0 aliphatic heterocycles. The van der Waals surface area contributed by atoms with E-state index >= 15 is 0 Å². The monoisotopic (exact) mass is 343 g/mol. The van der Waals surface area contributed by atoms with E-state index in [1.165, 1.54) is 12.3 Å². The van der Waals surface area contributed by atoms with Crippen LogP contribution in [0, 0.1) is 5.92 Å². The molecule has 0 saturated carbocycles. The first-order valence-corrected chi connectivity index (χ1v) is 7.94. The standard InChI is InChI=1S/C18H21N3O4/c1-12(2)16(21-17(23)14-9-6-10-25-14)18(24)19-11-15(22)20-13-7-4-3-5-8-13/h3-10,12,16H,11H2,1-2H3,(H,19,24)(H,20,22)(H,21,23)/t16-/m0/s1. The van der Waals surface area contributed by atoms with Crippen molar-refractivity contribution in [3.8, 4) is 0 Å². The van der Waals surface area contributed by atoms with Gasteiger partial charge in [0.2, 0.25) is 11.8 Å². The van der Waals surface area contributed by atoms with Crippen LogP contribution in [0.4, 0.5) is 5.69 Å². The predicted molar refractivity (Wildman–Crippen MR) is 92.9 cm³/mol. The Morgan fingerprint density at radius 3 is 2.36 bits per heavy atom. The lowest BCUT2D eigenvalue weighted by Gasteiger charge is -2.21. The topological polar surface area (TPSA) is 100 Å². The molecule has 3 N–H and O–H groups in total. The molecule has 0 spiro atoms. The summed E-state index contributed by atoms with van der Waals surface area (Å²) in [4.78, 5) is 36.2. The third-order valence-corrected chi connectivity index (χ3v) is 3.46. The number of para-hydroxylation sites is 1. The predicted octanol–water partition coefficient (Wildman–Crippen LogP) is 1.79. The van der Waals surface area contributed by atoms with E-state index in [1.807, 2.05) is 6.07 Å². The van der Waals surface area contributed by atoms with Crippen molar-refractivity contribution in [2.45, 2.75) is 19.9 Å². The van der Waals surface area contributed by atoms with Crippen LogP contribution in [0.5, 0.6) is 0 Å². The van der Waals surface area contributed by atoms with E-state index in [-0.39, 0.29) is 24.1 Å². The zero-order chi connectivity index (χ0) is 18.2. The molecule has 0 radical (unpaired) electrons. The molecule has 0 aliphatic rings. The maximum absolute atomic E-state index is 12.3. The van der Waals surface area contributed by atoms with Crippen LogP contribution in [0.2, 0.25) is 0 Å². The summed E-state index contributed by atoms with van der Waals surface area (Å²) in [6.07, 6.45) is 1.38. The SMILES string of the molecule is CC(C)[C@H](NC(=O)c1ccco1)C(=O)NCC(=O)Nc1ccccc1. The molecule has 7 nitrogen and oxygen atoms in total. The highest BCUT2D eigenvalue weighted by Crippen LogP contribution is 2.06. The summed E-state index contributed by atoms with van der Waals surface area (Å²) in [5, 5.41) is 7.83. The second-order valence-electron chi connectivity index (χ2n) is 5.80. The lowest BCUT2D eigenvalue weighted by molar-refractivity contribution is -0.126. The van der Waals surface area contributed by atoms with Crippen molar-refractivity contribution in [3.63, 3.8) is 0 Å². The fraction of sp³-hybridized carbons (Fsp3) is 0.278. The molecular weight excluding hydrogens is 322 g/mol. The molecular formula is C18H21N3O4. The molecule has 3 amide bonds. The average Bonchev–Trinajstić information content (AvgIpc) is 3.12. The van der Waals surface area contributed by atoms with Crippen LogP contribution in [0.3, 0.4) is 0 Å². The molecule has 0 bridgehead atoms. The summed E-state index contributed by atoms with van der Waals surface area (Å²) >= 11 is 0. The Morgan fingerprint density at radius 1 is 1.04 bits per heavy atom. The first-order valence-electron chi connectivity index (χ1n) is 7.94. The van der Waals surface area contributed by atoms with Crippen molar-refractivity contribution < 1.29 is 18.8 Å². The van der Waals surface area contributed by atoms with Crippen molar-refractivity contribution in [3.05, 3.63) is 54.5 Å². The van der Waals surface area contributed by atoms with E-state index in [9.17, 15) is 14.4 Å². The van der Waals surface area contributed by atoms with Gasteiger partial charge in [0.05, 0.1) is 12.8 Å². The Morgan fingerprint density at radius 2 is 1.76 bits per heavy atom. The molecule has 2 rings (SSSR count). The number of benzene rings is 1. The molecule has 0 unspecified atom stereocenters. The number of hydrogen-bond donors (Lipinski definition) is 3. The fourth-order valence-corrected chi connectivity index (χ4v) is 2.16. The first-order chi connectivity index (χ1) is 12.0. The third-order valence-electron chi connectivity index (χ3n) is 3.46. The summed E-state index contributed by atoms with van der Waals surface area (Å²) in [7, 11) is 0.